The number of hydrogen-bond donors (Lipinski definition) is 0. The maximum Gasteiger partial charge on any atom is 0.170 e. The van der Waals surface area contributed by atoms with Crippen LogP contribution in [0.15, 0.2) is 0 Å². The third-order valence-electron chi connectivity index (χ3n) is 21.5. The molecule has 0 aliphatic carbocycles. The van der Waals surface area contributed by atoms with Crippen molar-refractivity contribution in [1.82, 2.24) is 0 Å². The number of methoxy groups -OCH3 is 4. The van der Waals surface area contributed by atoms with Gasteiger partial charge in [-0.2, -0.15) is 0 Å². The van der Waals surface area contributed by atoms with Crippen LogP contribution in [0.3, 0.4) is 0 Å². The highest BCUT2D eigenvalue weighted by molar-refractivity contribution is 8.06. The Kier molecular flexibility index (Phi) is 44.9. The van der Waals surface area contributed by atoms with Gasteiger partial charge in [-0.25, -0.2) is 0 Å². The average Bonchev–Trinajstić information content (AvgIpc) is 1.03. The smallest absolute Gasteiger partial charge is 0.170 e. The van der Waals surface area contributed by atoms with E-state index in [9.17, 15) is 0 Å². The van der Waals surface area contributed by atoms with Crippen LogP contribution in [-0.4, -0.2) is 298 Å². The van der Waals surface area contributed by atoms with E-state index in [0.29, 0.717) is 185 Å². The Morgan fingerprint density at radius 3 is 0.595 bits per heavy atom. The van der Waals surface area contributed by atoms with Gasteiger partial charge in [-0.3, -0.25) is 0 Å². The molecule has 0 radical (unpaired) electrons. The molecule has 0 rings (SSSR count). The second-order valence-electron chi connectivity index (χ2n) is 27.3. The van der Waals surface area contributed by atoms with E-state index in [1.54, 1.807) is 28.4 Å². The molecule has 0 aromatic carbocycles. The summed E-state index contributed by atoms with van der Waals surface area (Å²) in [6.45, 7) is 71.0. The quantitative estimate of drug-likeness (QED) is 0.0418. The predicted molar refractivity (Wildman–Crippen MR) is 371 cm³/mol. The molecular weight excluding hydrogens is 1240 g/mol. The molecule has 0 saturated heterocycles. The summed E-state index contributed by atoms with van der Waals surface area (Å²) >= 11 is 0. The Balaban J connectivity index is 6.22. The van der Waals surface area contributed by atoms with Crippen LogP contribution < -0.4 is 0 Å². The van der Waals surface area contributed by atoms with Gasteiger partial charge in [0.05, 0.1) is 198 Å². The standard InChI is InChI=1S/C56H134O18Si10/c1-57-29-33-61-37-41-65-45-47-69-53-55(71-51-49-67-43-39-63-35-31-59-3)25-27-73-75(5,6)77(9,10)79(13,14)81(17,18)83(21,22)84(23,24)82(19,20)80(15,16)78(11,12)76(7,8)74-28-26-56(72-52-50-68-44-40-64-36-32-60-4)54-70-48-46-66-42-38-62-34-30-58-2/h55-56H,25-54H2,1-24H3. The monoisotopic (exact) mass is 1370 g/mol. The van der Waals surface area contributed by atoms with E-state index in [-0.39, 0.29) is 12.2 Å². The fraction of sp³-hybridized carbons (Fsp3) is 1.00. The Bertz CT molecular complexity index is 1510. The maximum atomic E-state index is 7.36. The number of rotatable bonds is 59. The first-order chi connectivity index (χ1) is 39.2. The van der Waals surface area contributed by atoms with Crippen LogP contribution in [-0.2, 0) is 84.6 Å². The van der Waals surface area contributed by atoms with E-state index in [2.05, 4.69) is 131 Å². The number of hydrogen-bond acceptors (Lipinski definition) is 18. The van der Waals surface area contributed by atoms with Gasteiger partial charge in [-0.05, 0) is 39.0 Å². The summed E-state index contributed by atoms with van der Waals surface area (Å²) < 4.78 is 106. The zero-order valence-electron chi connectivity index (χ0n) is 58.7. The van der Waals surface area contributed by atoms with Gasteiger partial charge in [0.15, 0.2) is 15.7 Å². The highest BCUT2D eigenvalue weighted by Gasteiger charge is 2.72. The molecule has 0 N–H and O–H groups in total. The second kappa shape index (κ2) is 44.1. The van der Waals surface area contributed by atoms with Crippen LogP contribution in [0.5, 0.6) is 0 Å². The van der Waals surface area contributed by atoms with Crippen LogP contribution >= 0.6 is 0 Å². The fourth-order valence-corrected chi connectivity index (χ4v) is 316. The zero-order valence-corrected chi connectivity index (χ0v) is 68.7. The van der Waals surface area contributed by atoms with Crippen molar-refractivity contribution in [3.63, 3.8) is 0 Å². The van der Waals surface area contributed by atoms with Crippen molar-refractivity contribution in [1.29, 1.82) is 0 Å². The lowest BCUT2D eigenvalue weighted by molar-refractivity contribution is -0.0603. The summed E-state index contributed by atoms with van der Waals surface area (Å²) in [7, 11) is -12.3. The van der Waals surface area contributed by atoms with E-state index in [1.165, 1.54) is 0 Å². The van der Waals surface area contributed by atoms with E-state index >= 15 is 0 Å². The molecule has 18 nitrogen and oxygen atoms in total. The Hall–Kier alpha value is 1.45. The minimum absolute atomic E-state index is 0.109. The molecule has 2 atom stereocenters. The lowest BCUT2D eigenvalue weighted by atomic mass is 10.3. The molecule has 0 aliphatic rings. The lowest BCUT2D eigenvalue weighted by Gasteiger charge is -2.67. The normalized spacial score (nSPS) is 14.7. The van der Waals surface area contributed by atoms with Crippen molar-refractivity contribution in [3.05, 3.63) is 0 Å². The molecule has 0 spiro atoms. The average molecular weight is 1380 g/mol. The molecule has 2 unspecified atom stereocenters. The van der Waals surface area contributed by atoms with Crippen molar-refractivity contribution in [3.8, 4) is 0 Å². The maximum absolute atomic E-state index is 7.36. The first-order valence-corrected chi connectivity index (χ1v) is 70.3. The summed E-state index contributed by atoms with van der Waals surface area (Å²) in [6.07, 6.45) is 1.33. The Labute approximate surface area is 523 Å². The topological polar surface area (TPSA) is 166 Å². The summed E-state index contributed by atoms with van der Waals surface area (Å²) in [5.74, 6) is 0. The van der Waals surface area contributed by atoms with Gasteiger partial charge >= 0.3 is 0 Å². The minimum Gasteiger partial charge on any atom is -0.420 e. The molecular formula is C56H134O18Si10. The molecule has 28 heteroatoms. The van der Waals surface area contributed by atoms with Gasteiger partial charge < -0.3 is 84.6 Å². The molecule has 0 amide bonds. The van der Waals surface area contributed by atoms with Gasteiger partial charge in [0.1, 0.15) is 0 Å². The minimum atomic E-state index is -2.15. The van der Waals surface area contributed by atoms with Crippen molar-refractivity contribution >= 4 is 72.5 Å². The van der Waals surface area contributed by atoms with Crippen LogP contribution in [0, 0.1) is 0 Å². The molecule has 0 aromatic heterocycles. The van der Waals surface area contributed by atoms with E-state index < -0.39 is 72.5 Å². The molecule has 0 fully saturated rings. The molecule has 0 saturated carbocycles. The van der Waals surface area contributed by atoms with Gasteiger partial charge in [0.2, 0.25) is 0 Å². The summed E-state index contributed by atoms with van der Waals surface area (Å²) in [4.78, 5) is 0. The highest BCUT2D eigenvalue weighted by atomic mass is 30.1. The van der Waals surface area contributed by atoms with E-state index in [4.69, 9.17) is 84.6 Å². The fourth-order valence-electron chi connectivity index (χ4n) is 10.9. The van der Waals surface area contributed by atoms with Crippen LogP contribution in [0.2, 0.25) is 131 Å². The van der Waals surface area contributed by atoms with Gasteiger partial charge in [-0.1, -0.05) is 105 Å². The van der Waals surface area contributed by atoms with Gasteiger partial charge in [0, 0.05) is 84.3 Å². The molecule has 84 heavy (non-hydrogen) atoms. The van der Waals surface area contributed by atoms with Crippen molar-refractivity contribution in [2.24, 2.45) is 0 Å². The molecule has 0 aliphatic heterocycles. The predicted octanol–water partition coefficient (Wildman–Crippen LogP) is 9.10. The SMILES string of the molecule is COCCOCCOCCOCC(CCO[Si](C)(C)[Si](C)(C)[Si](C)(C)[Si](C)(C)[Si](C)(C)[Si](C)(C)[Si](C)(C)[Si](C)(C)[Si](C)(C)[Si](C)(C)OCCC(COCCOCCOCCOC)OCCOCCOCCOC)OCCOCCOCCOC. The van der Waals surface area contributed by atoms with E-state index in [1.807, 2.05) is 0 Å². The third-order valence-corrected chi connectivity index (χ3v) is 241. The van der Waals surface area contributed by atoms with Crippen molar-refractivity contribution < 1.29 is 84.6 Å². The largest absolute Gasteiger partial charge is 0.420 e. The van der Waals surface area contributed by atoms with E-state index in [0.717, 1.165) is 12.8 Å². The number of ether oxygens (including phenoxy) is 16. The molecule has 0 bridgehead atoms. The van der Waals surface area contributed by atoms with Crippen molar-refractivity contribution in [2.75, 3.05) is 213 Å². The third kappa shape index (κ3) is 28.0. The molecule has 0 aromatic rings. The van der Waals surface area contributed by atoms with Crippen LogP contribution in [0.25, 0.3) is 0 Å². The first kappa shape index (κ1) is 85.4. The van der Waals surface area contributed by atoms with Crippen molar-refractivity contribution in [2.45, 2.75) is 156 Å². The molecule has 0 heterocycles. The van der Waals surface area contributed by atoms with Gasteiger partial charge in [-0.15, -0.1) is 0 Å². The highest BCUT2D eigenvalue weighted by Crippen LogP contribution is 2.48. The summed E-state index contributed by atoms with van der Waals surface area (Å²) in [5.41, 5.74) is 0. The Morgan fingerprint density at radius 1 is 0.202 bits per heavy atom. The van der Waals surface area contributed by atoms with Gasteiger partial charge in [0.25, 0.3) is 0 Å². The lowest BCUT2D eigenvalue weighted by Crippen LogP contribution is -2.95. The summed E-state index contributed by atoms with van der Waals surface area (Å²) in [6, 6.07) is 0. The Morgan fingerprint density at radius 2 is 0.381 bits per heavy atom. The van der Waals surface area contributed by atoms with Crippen LogP contribution in [0.1, 0.15) is 12.8 Å². The summed E-state index contributed by atoms with van der Waals surface area (Å²) in [5, 5.41) is 0. The zero-order chi connectivity index (χ0) is 64.1. The van der Waals surface area contributed by atoms with Crippen LogP contribution in [0.4, 0.5) is 0 Å². The first-order valence-electron chi connectivity index (χ1n) is 31.5. The second-order valence-corrected chi connectivity index (χ2v) is 139. The molecule has 506 valence electrons.